The van der Waals surface area contributed by atoms with E-state index in [1.54, 1.807) is 16.2 Å². The van der Waals surface area contributed by atoms with Gasteiger partial charge in [0, 0.05) is 29.6 Å². The van der Waals surface area contributed by atoms with Gasteiger partial charge >= 0.3 is 0 Å². The summed E-state index contributed by atoms with van der Waals surface area (Å²) < 4.78 is 5.99. The number of fused-ring (bicyclic) bond motifs is 1. The molecular formula is C27H31N3O3S. The van der Waals surface area contributed by atoms with E-state index in [0.717, 1.165) is 34.7 Å². The van der Waals surface area contributed by atoms with Crippen LogP contribution in [0.5, 0.6) is 5.75 Å². The summed E-state index contributed by atoms with van der Waals surface area (Å²) in [4.78, 5) is 34.6. The summed E-state index contributed by atoms with van der Waals surface area (Å²) in [6, 6.07) is 15.8. The van der Waals surface area contributed by atoms with Gasteiger partial charge in [-0.3, -0.25) is 14.5 Å². The first kappa shape index (κ1) is 24.0. The predicted molar refractivity (Wildman–Crippen MR) is 137 cm³/mol. The molecule has 7 heteroatoms. The van der Waals surface area contributed by atoms with E-state index >= 15 is 0 Å². The van der Waals surface area contributed by atoms with Crippen LogP contribution in [0.25, 0.3) is 21.8 Å². The van der Waals surface area contributed by atoms with E-state index in [1.165, 1.54) is 0 Å². The molecule has 1 aliphatic heterocycles. The lowest BCUT2D eigenvalue weighted by Gasteiger charge is -2.35. The third kappa shape index (κ3) is 4.99. The Balaban J connectivity index is 1.66. The van der Waals surface area contributed by atoms with Gasteiger partial charge in [0.05, 0.1) is 11.4 Å². The molecule has 0 radical (unpaired) electrons. The zero-order chi connectivity index (χ0) is 24.1. The van der Waals surface area contributed by atoms with Crippen molar-refractivity contribution in [1.82, 2.24) is 9.88 Å². The molecule has 2 aromatic carbocycles. The number of hydrogen-bond donors (Lipinski definition) is 0. The van der Waals surface area contributed by atoms with Crippen LogP contribution < -0.4 is 9.64 Å². The van der Waals surface area contributed by atoms with Gasteiger partial charge in [0.25, 0.3) is 5.91 Å². The molecule has 0 N–H and O–H groups in total. The minimum absolute atomic E-state index is 0.0154. The first-order chi connectivity index (χ1) is 16.5. The van der Waals surface area contributed by atoms with Gasteiger partial charge in [-0.05, 0) is 37.5 Å². The van der Waals surface area contributed by atoms with Crippen molar-refractivity contribution in [2.45, 2.75) is 46.1 Å². The van der Waals surface area contributed by atoms with Gasteiger partial charge in [0.1, 0.15) is 17.3 Å². The van der Waals surface area contributed by atoms with Crippen molar-refractivity contribution >= 4 is 28.8 Å². The maximum Gasteiger partial charge on any atom is 0.268 e. The van der Waals surface area contributed by atoms with Gasteiger partial charge in [0.2, 0.25) is 5.91 Å². The molecule has 1 aliphatic rings. The number of ether oxygens (including phenoxy) is 1. The van der Waals surface area contributed by atoms with Gasteiger partial charge < -0.3 is 9.64 Å². The van der Waals surface area contributed by atoms with Crippen molar-refractivity contribution in [1.29, 1.82) is 0 Å². The zero-order valence-electron chi connectivity index (χ0n) is 20.0. The summed E-state index contributed by atoms with van der Waals surface area (Å²) in [5, 5.41) is 2.96. The Kier molecular flexibility index (Phi) is 7.63. The number of benzene rings is 2. The molecule has 178 valence electrons. The lowest BCUT2D eigenvalue weighted by Crippen LogP contribution is -2.50. The maximum atomic E-state index is 13.2. The van der Waals surface area contributed by atoms with E-state index in [1.807, 2.05) is 65.7 Å². The second kappa shape index (κ2) is 10.8. The Labute approximate surface area is 205 Å². The summed E-state index contributed by atoms with van der Waals surface area (Å²) in [6.45, 7) is 7.43. The summed E-state index contributed by atoms with van der Waals surface area (Å²) in [6.07, 6.45) is 1.73. The molecule has 3 aromatic rings. The van der Waals surface area contributed by atoms with Crippen molar-refractivity contribution in [2.24, 2.45) is 0 Å². The average Bonchev–Trinajstić information content (AvgIpc) is 3.36. The predicted octanol–water partition coefficient (Wildman–Crippen LogP) is 5.63. The highest BCUT2D eigenvalue weighted by Gasteiger charge is 2.35. The van der Waals surface area contributed by atoms with E-state index in [2.05, 4.69) is 13.8 Å². The van der Waals surface area contributed by atoms with Crippen LogP contribution in [-0.4, -0.2) is 47.4 Å². The van der Waals surface area contributed by atoms with Crippen LogP contribution in [0, 0.1) is 0 Å². The number of thiazole rings is 1. The number of amides is 2. The van der Waals surface area contributed by atoms with Gasteiger partial charge in [0.15, 0.2) is 6.10 Å². The highest BCUT2D eigenvalue weighted by Crippen LogP contribution is 2.39. The minimum Gasteiger partial charge on any atom is -0.478 e. The van der Waals surface area contributed by atoms with Crippen LogP contribution in [0.1, 0.15) is 40.0 Å². The molecule has 34 heavy (non-hydrogen) atoms. The molecule has 0 saturated carbocycles. The summed E-state index contributed by atoms with van der Waals surface area (Å²) in [5.41, 5.74) is 3.42. The van der Waals surface area contributed by atoms with Gasteiger partial charge in [-0.15, -0.1) is 11.3 Å². The number of nitrogens with zero attached hydrogens (tertiary/aromatic N) is 3. The second-order valence-electron chi connectivity index (χ2n) is 8.41. The molecule has 1 unspecified atom stereocenters. The van der Waals surface area contributed by atoms with Crippen LogP contribution in [0.15, 0.2) is 53.9 Å². The van der Waals surface area contributed by atoms with Crippen molar-refractivity contribution in [3.05, 3.63) is 53.9 Å². The van der Waals surface area contributed by atoms with Crippen molar-refractivity contribution in [2.75, 3.05) is 24.5 Å². The third-order valence-electron chi connectivity index (χ3n) is 5.89. The number of rotatable bonds is 9. The highest BCUT2D eigenvalue weighted by atomic mass is 32.1. The number of aromatic nitrogens is 1. The van der Waals surface area contributed by atoms with Crippen molar-refractivity contribution in [3.63, 3.8) is 0 Å². The molecular weight excluding hydrogens is 446 g/mol. The Bertz CT molecular complexity index is 1140. The number of hydrogen-bond acceptors (Lipinski definition) is 5. The molecule has 2 amide bonds. The lowest BCUT2D eigenvalue weighted by molar-refractivity contribution is -0.133. The SMILES string of the molecule is CCCN(CCC)C(=O)CN1C(=O)C(CC)Oc2ccc(-c3csc(-c4ccccc4)n3)cc21. The largest absolute Gasteiger partial charge is 0.478 e. The van der Waals surface area contributed by atoms with E-state index in [0.29, 0.717) is 30.9 Å². The Morgan fingerprint density at radius 3 is 2.47 bits per heavy atom. The third-order valence-corrected chi connectivity index (χ3v) is 6.78. The topological polar surface area (TPSA) is 62.7 Å². The number of carbonyl (C=O) groups is 2. The summed E-state index contributed by atoms with van der Waals surface area (Å²) in [5.74, 6) is 0.418. The monoisotopic (exact) mass is 477 g/mol. The van der Waals surface area contributed by atoms with Gasteiger partial charge in [-0.2, -0.15) is 0 Å². The fourth-order valence-electron chi connectivity index (χ4n) is 4.16. The van der Waals surface area contributed by atoms with E-state index in [-0.39, 0.29) is 18.4 Å². The molecule has 1 atom stereocenters. The fourth-order valence-corrected chi connectivity index (χ4v) is 5.00. The molecule has 0 fully saturated rings. The Morgan fingerprint density at radius 1 is 1.06 bits per heavy atom. The van der Waals surface area contributed by atoms with E-state index in [9.17, 15) is 9.59 Å². The summed E-state index contributed by atoms with van der Waals surface area (Å²) in [7, 11) is 0. The van der Waals surface area contributed by atoms with E-state index < -0.39 is 6.10 Å². The van der Waals surface area contributed by atoms with Gasteiger partial charge in [-0.1, -0.05) is 51.1 Å². The Hall–Kier alpha value is -3.19. The zero-order valence-corrected chi connectivity index (χ0v) is 20.8. The quantitative estimate of drug-likeness (QED) is 0.401. The molecule has 4 rings (SSSR count). The first-order valence-electron chi connectivity index (χ1n) is 12.0. The summed E-state index contributed by atoms with van der Waals surface area (Å²) >= 11 is 1.58. The molecule has 1 aromatic heterocycles. The first-order valence-corrected chi connectivity index (χ1v) is 12.8. The average molecular weight is 478 g/mol. The molecule has 0 aliphatic carbocycles. The van der Waals surface area contributed by atoms with Crippen molar-refractivity contribution < 1.29 is 14.3 Å². The van der Waals surface area contributed by atoms with Crippen LogP contribution in [0.2, 0.25) is 0 Å². The highest BCUT2D eigenvalue weighted by molar-refractivity contribution is 7.13. The normalized spacial score (nSPS) is 15.1. The van der Waals surface area contributed by atoms with Crippen molar-refractivity contribution in [3.8, 4) is 27.6 Å². The van der Waals surface area contributed by atoms with Crippen LogP contribution >= 0.6 is 11.3 Å². The van der Waals surface area contributed by atoms with Crippen LogP contribution in [0.4, 0.5) is 5.69 Å². The molecule has 0 saturated heterocycles. The minimum atomic E-state index is -0.582. The van der Waals surface area contributed by atoms with Crippen LogP contribution in [0.3, 0.4) is 0 Å². The van der Waals surface area contributed by atoms with Crippen LogP contribution in [-0.2, 0) is 9.59 Å². The van der Waals surface area contributed by atoms with Gasteiger partial charge in [-0.25, -0.2) is 4.98 Å². The van der Waals surface area contributed by atoms with E-state index in [4.69, 9.17) is 9.72 Å². The number of carbonyl (C=O) groups excluding carboxylic acids is 2. The lowest BCUT2D eigenvalue weighted by atomic mass is 10.1. The maximum absolute atomic E-state index is 13.2. The second-order valence-corrected chi connectivity index (χ2v) is 9.26. The molecule has 2 heterocycles. The molecule has 0 bridgehead atoms. The smallest absolute Gasteiger partial charge is 0.268 e. The molecule has 0 spiro atoms. The molecule has 6 nitrogen and oxygen atoms in total. The Morgan fingerprint density at radius 2 is 1.79 bits per heavy atom. The fraction of sp³-hybridized carbons (Fsp3) is 0.370. The standard InChI is InChI=1S/C27H31N3O3S/c1-4-14-29(15-5-2)25(31)17-30-22-16-20(12-13-24(22)33-23(6-3)27(30)32)21-18-34-26(28-21)19-10-8-7-9-11-19/h7-13,16,18,23H,4-6,14-15,17H2,1-3H3. The number of anilines is 1.